The first-order valence-electron chi connectivity index (χ1n) is 5.44. The quantitative estimate of drug-likeness (QED) is 0.588. The van der Waals surface area contributed by atoms with Crippen molar-refractivity contribution < 1.29 is 0 Å². The van der Waals surface area contributed by atoms with Crippen LogP contribution in [0.1, 0.15) is 43.3 Å². The van der Waals surface area contributed by atoms with Crippen molar-refractivity contribution in [1.82, 2.24) is 10.4 Å². The summed E-state index contributed by atoms with van der Waals surface area (Å²) < 4.78 is 0. The van der Waals surface area contributed by atoms with E-state index >= 15 is 0 Å². The van der Waals surface area contributed by atoms with Crippen LogP contribution in [0.4, 0.5) is 0 Å². The summed E-state index contributed by atoms with van der Waals surface area (Å²) in [5.41, 5.74) is 6.21. The first-order chi connectivity index (χ1) is 7.02. The van der Waals surface area contributed by atoms with Crippen LogP contribution in [-0.2, 0) is 0 Å². The van der Waals surface area contributed by atoms with E-state index in [1.165, 1.54) is 5.56 Å². The van der Waals surface area contributed by atoms with E-state index in [2.05, 4.69) is 36.4 Å². The minimum atomic E-state index is 0.227. The van der Waals surface area contributed by atoms with Crippen molar-refractivity contribution in [1.29, 1.82) is 0 Å². The third-order valence-corrected chi connectivity index (χ3v) is 2.41. The normalized spacial score (nSPS) is 13.2. The van der Waals surface area contributed by atoms with Crippen molar-refractivity contribution in [3.63, 3.8) is 0 Å². The first-order valence-corrected chi connectivity index (χ1v) is 5.44. The Hall–Kier alpha value is -0.930. The molecule has 1 rings (SSSR count). The SMILES string of the molecule is Cc1cc(C(CC(C)C)NN)cc(C)n1. The number of pyridine rings is 1. The molecule has 0 amide bonds. The lowest BCUT2D eigenvalue weighted by Crippen LogP contribution is -2.29. The van der Waals surface area contributed by atoms with Crippen molar-refractivity contribution in [3.05, 3.63) is 29.1 Å². The largest absolute Gasteiger partial charge is 0.271 e. The van der Waals surface area contributed by atoms with Crippen LogP contribution in [0.15, 0.2) is 12.1 Å². The van der Waals surface area contributed by atoms with Gasteiger partial charge in [-0.1, -0.05) is 13.8 Å². The Kier molecular flexibility index (Phi) is 4.24. The third-order valence-electron chi connectivity index (χ3n) is 2.41. The minimum absolute atomic E-state index is 0.227. The molecule has 1 heterocycles. The summed E-state index contributed by atoms with van der Waals surface area (Å²) >= 11 is 0. The van der Waals surface area contributed by atoms with E-state index < -0.39 is 0 Å². The van der Waals surface area contributed by atoms with E-state index in [0.29, 0.717) is 5.92 Å². The van der Waals surface area contributed by atoms with E-state index in [-0.39, 0.29) is 6.04 Å². The van der Waals surface area contributed by atoms with Crippen LogP contribution in [0.25, 0.3) is 0 Å². The number of hydrogen-bond donors (Lipinski definition) is 2. The van der Waals surface area contributed by atoms with Gasteiger partial charge in [-0.05, 0) is 43.9 Å². The Morgan fingerprint density at radius 3 is 2.20 bits per heavy atom. The smallest absolute Gasteiger partial charge is 0.0463 e. The molecule has 3 nitrogen and oxygen atoms in total. The van der Waals surface area contributed by atoms with Crippen molar-refractivity contribution in [2.45, 2.75) is 40.2 Å². The van der Waals surface area contributed by atoms with Crippen molar-refractivity contribution in [2.75, 3.05) is 0 Å². The fraction of sp³-hybridized carbons (Fsp3) is 0.583. The second-order valence-corrected chi connectivity index (χ2v) is 4.53. The van der Waals surface area contributed by atoms with E-state index in [9.17, 15) is 0 Å². The topological polar surface area (TPSA) is 50.9 Å². The summed E-state index contributed by atoms with van der Waals surface area (Å²) in [5.74, 6) is 6.21. The highest BCUT2D eigenvalue weighted by Gasteiger charge is 2.12. The molecule has 0 radical (unpaired) electrons. The Labute approximate surface area is 92.1 Å². The zero-order valence-corrected chi connectivity index (χ0v) is 10.0. The number of hydrazine groups is 1. The zero-order valence-electron chi connectivity index (χ0n) is 10.0. The van der Waals surface area contributed by atoms with Crippen molar-refractivity contribution in [2.24, 2.45) is 11.8 Å². The molecule has 1 aromatic rings. The van der Waals surface area contributed by atoms with Gasteiger partial charge in [0.1, 0.15) is 0 Å². The maximum atomic E-state index is 5.58. The van der Waals surface area contributed by atoms with Gasteiger partial charge < -0.3 is 0 Å². The van der Waals surface area contributed by atoms with Gasteiger partial charge in [0.05, 0.1) is 0 Å². The lowest BCUT2D eigenvalue weighted by molar-refractivity contribution is 0.437. The van der Waals surface area contributed by atoms with Gasteiger partial charge in [0.15, 0.2) is 0 Å². The molecule has 1 unspecified atom stereocenters. The van der Waals surface area contributed by atoms with Gasteiger partial charge in [0.2, 0.25) is 0 Å². The average Bonchev–Trinajstić information content (AvgIpc) is 2.12. The van der Waals surface area contributed by atoms with Crippen LogP contribution in [0.3, 0.4) is 0 Å². The summed E-state index contributed by atoms with van der Waals surface area (Å²) in [4.78, 5) is 4.36. The number of rotatable bonds is 4. The van der Waals surface area contributed by atoms with E-state index in [1.54, 1.807) is 0 Å². The summed E-state index contributed by atoms with van der Waals surface area (Å²) in [6, 6.07) is 4.42. The summed E-state index contributed by atoms with van der Waals surface area (Å²) in [6.07, 6.45) is 1.04. The lowest BCUT2D eigenvalue weighted by atomic mass is 9.97. The summed E-state index contributed by atoms with van der Waals surface area (Å²) in [5, 5.41) is 0. The molecule has 0 saturated carbocycles. The van der Waals surface area contributed by atoms with Crippen LogP contribution < -0.4 is 11.3 Å². The number of aromatic nitrogens is 1. The molecule has 84 valence electrons. The number of hydrogen-bond acceptors (Lipinski definition) is 3. The second kappa shape index (κ2) is 5.24. The summed E-state index contributed by atoms with van der Waals surface area (Å²) in [7, 11) is 0. The number of nitrogens with two attached hydrogens (primary N) is 1. The number of nitrogens with zero attached hydrogens (tertiary/aromatic N) is 1. The first kappa shape index (κ1) is 12.1. The molecular formula is C12H21N3. The minimum Gasteiger partial charge on any atom is -0.271 e. The molecule has 1 atom stereocenters. The summed E-state index contributed by atoms with van der Waals surface area (Å²) in [6.45, 7) is 8.43. The average molecular weight is 207 g/mol. The van der Waals surface area contributed by atoms with E-state index in [4.69, 9.17) is 5.84 Å². The molecule has 0 saturated heterocycles. The zero-order chi connectivity index (χ0) is 11.4. The van der Waals surface area contributed by atoms with Gasteiger partial charge in [0, 0.05) is 17.4 Å². The molecule has 0 bridgehead atoms. The van der Waals surface area contributed by atoms with Crippen LogP contribution >= 0.6 is 0 Å². The van der Waals surface area contributed by atoms with Crippen molar-refractivity contribution >= 4 is 0 Å². The van der Waals surface area contributed by atoms with Gasteiger partial charge in [-0.3, -0.25) is 16.3 Å². The molecule has 0 spiro atoms. The highest BCUT2D eigenvalue weighted by Crippen LogP contribution is 2.21. The number of aryl methyl sites for hydroxylation is 2. The molecule has 15 heavy (non-hydrogen) atoms. The Morgan fingerprint density at radius 2 is 1.80 bits per heavy atom. The second-order valence-electron chi connectivity index (χ2n) is 4.53. The van der Waals surface area contributed by atoms with Gasteiger partial charge in [0.25, 0.3) is 0 Å². The molecule has 0 aliphatic rings. The molecule has 0 aromatic carbocycles. The van der Waals surface area contributed by atoms with Crippen molar-refractivity contribution in [3.8, 4) is 0 Å². The van der Waals surface area contributed by atoms with Gasteiger partial charge in [-0.2, -0.15) is 0 Å². The molecular weight excluding hydrogens is 186 g/mol. The molecule has 3 heteroatoms. The molecule has 0 aliphatic carbocycles. The molecule has 0 aliphatic heterocycles. The van der Waals surface area contributed by atoms with Crippen LogP contribution in [-0.4, -0.2) is 4.98 Å². The number of nitrogens with one attached hydrogen (secondary N) is 1. The van der Waals surface area contributed by atoms with Crippen LogP contribution in [0.5, 0.6) is 0 Å². The Bertz CT molecular complexity index is 300. The maximum absolute atomic E-state index is 5.58. The standard InChI is InChI=1S/C12H21N3/c1-8(2)5-12(15-13)11-6-9(3)14-10(4)7-11/h6-8,12,15H,5,13H2,1-4H3. The Balaban J connectivity index is 2.91. The van der Waals surface area contributed by atoms with Crippen LogP contribution in [0, 0.1) is 19.8 Å². The lowest BCUT2D eigenvalue weighted by Gasteiger charge is -2.19. The molecule has 3 N–H and O–H groups in total. The van der Waals surface area contributed by atoms with Gasteiger partial charge >= 0.3 is 0 Å². The molecule has 1 aromatic heterocycles. The predicted octanol–water partition coefficient (Wildman–Crippen LogP) is 2.25. The van der Waals surface area contributed by atoms with E-state index in [1.807, 2.05) is 13.8 Å². The highest BCUT2D eigenvalue weighted by molar-refractivity contribution is 5.23. The maximum Gasteiger partial charge on any atom is 0.0463 e. The monoisotopic (exact) mass is 207 g/mol. The fourth-order valence-corrected chi connectivity index (χ4v) is 1.84. The van der Waals surface area contributed by atoms with Gasteiger partial charge in [-0.15, -0.1) is 0 Å². The van der Waals surface area contributed by atoms with Crippen LogP contribution in [0.2, 0.25) is 0 Å². The third kappa shape index (κ3) is 3.61. The Morgan fingerprint density at radius 1 is 1.27 bits per heavy atom. The fourth-order valence-electron chi connectivity index (χ4n) is 1.84. The highest BCUT2D eigenvalue weighted by atomic mass is 15.2. The van der Waals surface area contributed by atoms with E-state index in [0.717, 1.165) is 17.8 Å². The predicted molar refractivity (Wildman–Crippen MR) is 63.2 cm³/mol. The molecule has 0 fully saturated rings. The van der Waals surface area contributed by atoms with Gasteiger partial charge in [-0.25, -0.2) is 0 Å².